The van der Waals surface area contributed by atoms with Gasteiger partial charge in [0.05, 0.1) is 19.7 Å². The van der Waals surface area contributed by atoms with Gasteiger partial charge < -0.3 is 5.11 Å². The van der Waals surface area contributed by atoms with Gasteiger partial charge in [0.1, 0.15) is 0 Å². The van der Waals surface area contributed by atoms with E-state index in [1.54, 1.807) is 6.21 Å². The molecule has 0 heterocycles. The summed E-state index contributed by atoms with van der Waals surface area (Å²) in [6.07, 6.45) is 1.73. The second-order valence-electron chi connectivity index (χ2n) is 2.97. The molecule has 0 aromatic heterocycles. The first-order valence-electron chi connectivity index (χ1n) is 4.75. The Labute approximate surface area is 84.7 Å². The summed E-state index contributed by atoms with van der Waals surface area (Å²) in [5.41, 5.74) is 1.20. The fourth-order valence-electron chi connectivity index (χ4n) is 1.25. The van der Waals surface area contributed by atoms with E-state index in [0.29, 0.717) is 6.54 Å². The van der Waals surface area contributed by atoms with Gasteiger partial charge in [-0.1, -0.05) is 30.3 Å². The number of aliphatic hydroxyl groups excluding tert-OH is 1. The Kier molecular flexibility index (Phi) is 4.72. The summed E-state index contributed by atoms with van der Waals surface area (Å²) >= 11 is 0. The van der Waals surface area contributed by atoms with Gasteiger partial charge in [-0.15, -0.1) is 0 Å². The Morgan fingerprint density at radius 3 is 2.64 bits per heavy atom. The van der Waals surface area contributed by atoms with E-state index in [9.17, 15) is 0 Å². The van der Waals surface area contributed by atoms with Crippen LogP contribution in [0.5, 0.6) is 0 Å². The average Bonchev–Trinajstić information content (AvgIpc) is 2.20. The van der Waals surface area contributed by atoms with Gasteiger partial charge in [-0.2, -0.15) is 5.10 Å². The first-order valence-corrected chi connectivity index (χ1v) is 4.75. The first kappa shape index (κ1) is 10.7. The fourth-order valence-corrected chi connectivity index (χ4v) is 1.25. The van der Waals surface area contributed by atoms with E-state index in [4.69, 9.17) is 5.11 Å². The van der Waals surface area contributed by atoms with Crippen molar-refractivity contribution >= 4 is 6.21 Å². The first-order chi connectivity index (χ1) is 6.86. The topological polar surface area (TPSA) is 35.8 Å². The molecule has 14 heavy (non-hydrogen) atoms. The van der Waals surface area contributed by atoms with Crippen molar-refractivity contribution in [1.29, 1.82) is 0 Å². The zero-order chi connectivity index (χ0) is 10.2. The Morgan fingerprint density at radius 1 is 1.36 bits per heavy atom. The smallest absolute Gasteiger partial charge is 0.0623 e. The van der Waals surface area contributed by atoms with Crippen molar-refractivity contribution in [1.82, 2.24) is 5.01 Å². The molecule has 3 nitrogen and oxygen atoms in total. The largest absolute Gasteiger partial charge is 0.394 e. The van der Waals surface area contributed by atoms with Crippen LogP contribution >= 0.6 is 0 Å². The molecule has 1 rings (SSSR count). The Morgan fingerprint density at radius 2 is 2.07 bits per heavy atom. The summed E-state index contributed by atoms with van der Waals surface area (Å²) in [4.78, 5) is 0. The number of aliphatic hydroxyl groups is 1. The van der Waals surface area contributed by atoms with Crippen molar-refractivity contribution in [3.8, 4) is 0 Å². The summed E-state index contributed by atoms with van der Waals surface area (Å²) in [5, 5.41) is 14.8. The lowest BCUT2D eigenvalue weighted by atomic mass is 10.2. The van der Waals surface area contributed by atoms with Crippen molar-refractivity contribution in [3.63, 3.8) is 0 Å². The second kappa shape index (κ2) is 6.16. The molecule has 0 saturated heterocycles. The van der Waals surface area contributed by atoms with Crippen molar-refractivity contribution in [2.75, 3.05) is 13.2 Å². The highest BCUT2D eigenvalue weighted by Gasteiger charge is 1.99. The highest BCUT2D eigenvalue weighted by atomic mass is 16.3. The molecule has 0 aliphatic rings. The summed E-state index contributed by atoms with van der Waals surface area (Å²) in [6, 6.07) is 10.1. The highest BCUT2D eigenvalue weighted by molar-refractivity contribution is 5.52. The Hall–Kier alpha value is -1.35. The molecular formula is C11H16N2O. The zero-order valence-electron chi connectivity index (χ0n) is 8.43. The molecule has 0 spiro atoms. The average molecular weight is 192 g/mol. The van der Waals surface area contributed by atoms with Crippen molar-refractivity contribution in [3.05, 3.63) is 35.9 Å². The monoisotopic (exact) mass is 192 g/mol. The van der Waals surface area contributed by atoms with Crippen LogP contribution in [0.3, 0.4) is 0 Å². The normalized spacial score (nSPS) is 10.7. The summed E-state index contributed by atoms with van der Waals surface area (Å²) in [7, 11) is 0. The molecule has 0 radical (unpaired) electrons. The van der Waals surface area contributed by atoms with Crippen LogP contribution in [0.1, 0.15) is 12.5 Å². The van der Waals surface area contributed by atoms with Crippen LogP contribution < -0.4 is 0 Å². The third-order valence-corrected chi connectivity index (χ3v) is 1.84. The molecule has 0 amide bonds. The zero-order valence-corrected chi connectivity index (χ0v) is 8.43. The van der Waals surface area contributed by atoms with Gasteiger partial charge in [-0.3, -0.25) is 5.01 Å². The lowest BCUT2D eigenvalue weighted by Gasteiger charge is -2.17. The van der Waals surface area contributed by atoms with Crippen LogP contribution in [-0.2, 0) is 6.54 Å². The summed E-state index contributed by atoms with van der Waals surface area (Å²) < 4.78 is 0. The molecule has 0 aliphatic heterocycles. The predicted molar refractivity (Wildman–Crippen MR) is 58.1 cm³/mol. The van der Waals surface area contributed by atoms with Crippen LogP contribution in [0.25, 0.3) is 0 Å². The molecule has 1 aromatic rings. The quantitative estimate of drug-likeness (QED) is 0.566. The van der Waals surface area contributed by atoms with Gasteiger partial charge in [-0.05, 0) is 12.5 Å². The van der Waals surface area contributed by atoms with Crippen LogP contribution in [0, 0.1) is 0 Å². The minimum absolute atomic E-state index is 0.129. The minimum Gasteiger partial charge on any atom is -0.394 e. The molecule has 0 aliphatic carbocycles. The molecule has 1 N–H and O–H groups in total. The van der Waals surface area contributed by atoms with Crippen LogP contribution in [-0.4, -0.2) is 29.5 Å². The molecule has 0 unspecified atom stereocenters. The van der Waals surface area contributed by atoms with E-state index in [-0.39, 0.29) is 6.61 Å². The number of hydrogen-bond acceptors (Lipinski definition) is 3. The molecule has 0 saturated carbocycles. The maximum atomic E-state index is 8.83. The van der Waals surface area contributed by atoms with E-state index in [2.05, 4.69) is 17.2 Å². The van der Waals surface area contributed by atoms with Crippen LogP contribution in [0.4, 0.5) is 0 Å². The Balaban J connectivity index is 2.55. The van der Waals surface area contributed by atoms with Crippen molar-refractivity contribution in [2.24, 2.45) is 5.10 Å². The lowest BCUT2D eigenvalue weighted by Crippen LogP contribution is -2.20. The molecule has 1 aromatic carbocycles. The number of hydrazone groups is 1. The second-order valence-corrected chi connectivity index (χ2v) is 2.97. The molecule has 0 atom stereocenters. The fraction of sp³-hybridized carbons (Fsp3) is 0.364. The van der Waals surface area contributed by atoms with Gasteiger partial charge in [0, 0.05) is 6.21 Å². The number of benzene rings is 1. The third-order valence-electron chi connectivity index (χ3n) is 1.84. The van der Waals surface area contributed by atoms with Gasteiger partial charge in [-0.25, -0.2) is 0 Å². The third kappa shape index (κ3) is 3.58. The maximum absolute atomic E-state index is 8.83. The number of rotatable bonds is 5. The predicted octanol–water partition coefficient (Wildman–Crippen LogP) is 1.49. The Bertz CT molecular complexity index is 272. The van der Waals surface area contributed by atoms with Crippen LogP contribution in [0.15, 0.2) is 35.4 Å². The van der Waals surface area contributed by atoms with Crippen LogP contribution in [0.2, 0.25) is 0 Å². The van der Waals surface area contributed by atoms with E-state index in [1.807, 2.05) is 30.1 Å². The van der Waals surface area contributed by atoms with E-state index < -0.39 is 0 Å². The number of nitrogens with zero attached hydrogens (tertiary/aromatic N) is 2. The van der Waals surface area contributed by atoms with Gasteiger partial charge in [0.15, 0.2) is 0 Å². The molecule has 0 bridgehead atoms. The van der Waals surface area contributed by atoms with Crippen molar-refractivity contribution in [2.45, 2.75) is 13.5 Å². The molecular weight excluding hydrogens is 176 g/mol. The standard InChI is InChI=1S/C11H16N2O/c1-2-12-13(8-9-14)10-11-6-4-3-5-7-11/h2-7,14H,8-10H2,1H3/b12-2+. The van der Waals surface area contributed by atoms with Gasteiger partial charge in [0.25, 0.3) is 0 Å². The summed E-state index contributed by atoms with van der Waals surface area (Å²) in [5.74, 6) is 0. The number of hydrogen-bond donors (Lipinski definition) is 1. The molecule has 0 fully saturated rings. The van der Waals surface area contributed by atoms with E-state index in [1.165, 1.54) is 5.56 Å². The van der Waals surface area contributed by atoms with Gasteiger partial charge in [0.2, 0.25) is 0 Å². The van der Waals surface area contributed by atoms with E-state index >= 15 is 0 Å². The lowest BCUT2D eigenvalue weighted by molar-refractivity contribution is 0.196. The SMILES string of the molecule is C/C=N/N(CCO)Cc1ccccc1. The molecule has 76 valence electrons. The van der Waals surface area contributed by atoms with Gasteiger partial charge >= 0.3 is 0 Å². The minimum atomic E-state index is 0.129. The maximum Gasteiger partial charge on any atom is 0.0623 e. The van der Waals surface area contributed by atoms with E-state index in [0.717, 1.165) is 6.54 Å². The van der Waals surface area contributed by atoms with Crippen molar-refractivity contribution < 1.29 is 5.11 Å². The molecule has 3 heteroatoms. The summed E-state index contributed by atoms with van der Waals surface area (Å²) in [6.45, 7) is 3.31. The highest BCUT2D eigenvalue weighted by Crippen LogP contribution is 2.03.